The van der Waals surface area contributed by atoms with Gasteiger partial charge in [0.2, 0.25) is 0 Å². The van der Waals surface area contributed by atoms with Gasteiger partial charge in [-0.25, -0.2) is 14.2 Å². The molecule has 2 aromatic carbocycles. The number of nitrogens with zero attached hydrogens (tertiary/aromatic N) is 2. The fourth-order valence-electron chi connectivity index (χ4n) is 3.98. The van der Waals surface area contributed by atoms with Crippen LogP contribution in [0.1, 0.15) is 31.0 Å². The minimum absolute atomic E-state index is 0.0135. The number of methoxy groups -OCH3 is 1. The molecule has 0 saturated carbocycles. The zero-order valence-electron chi connectivity index (χ0n) is 20.2. The molecule has 1 aliphatic rings. The summed E-state index contributed by atoms with van der Waals surface area (Å²) in [5.74, 6) is 2.00. The van der Waals surface area contributed by atoms with E-state index in [0.717, 1.165) is 11.3 Å². The van der Waals surface area contributed by atoms with Crippen LogP contribution in [0.15, 0.2) is 57.5 Å². The predicted molar refractivity (Wildman–Crippen MR) is 139 cm³/mol. The highest BCUT2D eigenvalue weighted by atomic mass is 35.5. The smallest absolute Gasteiger partial charge is 0.338 e. The maximum atomic E-state index is 13.7. The van der Waals surface area contributed by atoms with E-state index in [-0.39, 0.29) is 29.4 Å². The van der Waals surface area contributed by atoms with Crippen LogP contribution in [-0.2, 0) is 9.53 Å². The topological polar surface area (TPSA) is 79.1 Å². The van der Waals surface area contributed by atoms with Crippen molar-refractivity contribution in [1.82, 2.24) is 4.57 Å². The molecule has 0 unspecified atom stereocenters. The van der Waals surface area contributed by atoms with Crippen LogP contribution in [0.25, 0.3) is 6.08 Å². The Morgan fingerprint density at radius 3 is 2.70 bits per heavy atom. The van der Waals surface area contributed by atoms with Gasteiger partial charge in [-0.1, -0.05) is 41.0 Å². The molecule has 4 rings (SSSR count). The second-order valence-corrected chi connectivity index (χ2v) is 9.30. The Hall–Kier alpha value is -3.87. The molecule has 1 atom stereocenters. The summed E-state index contributed by atoms with van der Waals surface area (Å²) >= 11 is 7.55. The molecule has 3 aromatic rings. The number of allylic oxidation sites excluding steroid dienone is 1. The van der Waals surface area contributed by atoms with Crippen molar-refractivity contribution in [2.24, 2.45) is 4.99 Å². The Morgan fingerprint density at radius 1 is 1.32 bits per heavy atom. The number of terminal acetylenes is 1. The van der Waals surface area contributed by atoms with Crippen molar-refractivity contribution < 1.29 is 23.4 Å². The third-order valence-corrected chi connectivity index (χ3v) is 6.82. The van der Waals surface area contributed by atoms with Gasteiger partial charge in [0.05, 0.1) is 40.6 Å². The molecule has 37 heavy (non-hydrogen) atoms. The lowest BCUT2D eigenvalue weighted by Gasteiger charge is -2.24. The van der Waals surface area contributed by atoms with Crippen molar-refractivity contribution in [1.29, 1.82) is 0 Å². The lowest BCUT2D eigenvalue weighted by Crippen LogP contribution is -2.39. The summed E-state index contributed by atoms with van der Waals surface area (Å²) in [6.07, 6.45) is 6.92. The van der Waals surface area contributed by atoms with Gasteiger partial charge in [0.15, 0.2) is 16.3 Å². The van der Waals surface area contributed by atoms with Gasteiger partial charge in [-0.05, 0) is 55.3 Å². The summed E-state index contributed by atoms with van der Waals surface area (Å²) in [6.45, 7) is 3.54. The Bertz CT molecular complexity index is 1620. The van der Waals surface area contributed by atoms with Crippen LogP contribution in [0.3, 0.4) is 0 Å². The number of esters is 1. The Morgan fingerprint density at radius 2 is 2.05 bits per heavy atom. The van der Waals surface area contributed by atoms with Gasteiger partial charge in [-0.2, -0.15) is 0 Å². The van der Waals surface area contributed by atoms with Crippen molar-refractivity contribution in [2.45, 2.75) is 19.9 Å². The van der Waals surface area contributed by atoms with E-state index < -0.39 is 17.8 Å². The van der Waals surface area contributed by atoms with Gasteiger partial charge in [-0.15, -0.1) is 6.42 Å². The third kappa shape index (κ3) is 5.17. The van der Waals surface area contributed by atoms with E-state index in [1.807, 2.05) is 0 Å². The number of ether oxygens (including phenoxy) is 3. The van der Waals surface area contributed by atoms with Crippen LogP contribution in [0.2, 0.25) is 5.02 Å². The first-order valence-corrected chi connectivity index (χ1v) is 12.4. The standard InChI is InChI=1S/C27H22ClFN2O5S/c1-5-11-36-24-19(28)12-16(13-20(24)34-4)14-21-25(32)31-23(17-7-9-18(29)10-8-17)22(26(33)35-6-2)15(3)30-27(31)37-21/h1,7-10,12-14,23H,6,11H2,2-4H3/b21-14-/t23-/m0/s1. The zero-order valence-corrected chi connectivity index (χ0v) is 21.8. The van der Waals surface area contributed by atoms with Crippen molar-refractivity contribution in [3.63, 3.8) is 0 Å². The summed E-state index contributed by atoms with van der Waals surface area (Å²) in [7, 11) is 1.47. The molecule has 0 radical (unpaired) electrons. The molecule has 190 valence electrons. The minimum Gasteiger partial charge on any atom is -0.493 e. The van der Waals surface area contributed by atoms with Crippen molar-refractivity contribution >= 4 is 35.0 Å². The summed E-state index contributed by atoms with van der Waals surface area (Å²) in [6, 6.07) is 8.09. The molecule has 0 bridgehead atoms. The normalized spacial score (nSPS) is 15.0. The fourth-order valence-corrected chi connectivity index (χ4v) is 5.30. The number of halogens is 2. The van der Waals surface area contributed by atoms with Crippen LogP contribution in [0, 0.1) is 18.2 Å². The van der Waals surface area contributed by atoms with Crippen molar-refractivity contribution in [3.05, 3.63) is 89.3 Å². The number of rotatable bonds is 7. The summed E-state index contributed by atoms with van der Waals surface area (Å²) in [5, 5.41) is 0.262. The largest absolute Gasteiger partial charge is 0.493 e. The van der Waals surface area contributed by atoms with Crippen LogP contribution in [-0.4, -0.2) is 30.9 Å². The van der Waals surface area contributed by atoms with E-state index in [2.05, 4.69) is 10.9 Å². The maximum Gasteiger partial charge on any atom is 0.338 e. The number of thiazole rings is 1. The summed E-state index contributed by atoms with van der Waals surface area (Å²) in [4.78, 5) is 31.5. The molecule has 0 amide bonds. The number of fused-ring (bicyclic) bond motifs is 1. The molecule has 0 spiro atoms. The first kappa shape index (κ1) is 26.2. The van der Waals surface area contributed by atoms with E-state index >= 15 is 0 Å². The number of carbonyl (C=O) groups excluding carboxylic acids is 1. The molecule has 0 fully saturated rings. The van der Waals surface area contributed by atoms with Crippen molar-refractivity contribution in [3.8, 4) is 23.8 Å². The Kier molecular flexibility index (Phi) is 7.81. The van der Waals surface area contributed by atoms with Crippen molar-refractivity contribution in [2.75, 3.05) is 20.3 Å². The number of carbonyl (C=O) groups is 1. The zero-order chi connectivity index (χ0) is 26.7. The molecule has 1 aromatic heterocycles. The highest BCUT2D eigenvalue weighted by molar-refractivity contribution is 7.07. The number of hydrogen-bond acceptors (Lipinski definition) is 7. The van der Waals surface area contributed by atoms with Crippen LogP contribution in [0.4, 0.5) is 4.39 Å². The van der Waals surface area contributed by atoms with E-state index in [4.69, 9.17) is 32.2 Å². The van der Waals surface area contributed by atoms with Gasteiger partial charge in [0, 0.05) is 0 Å². The highest BCUT2D eigenvalue weighted by Crippen LogP contribution is 2.36. The second-order valence-electron chi connectivity index (χ2n) is 7.88. The van der Waals surface area contributed by atoms with Gasteiger partial charge >= 0.3 is 5.97 Å². The SMILES string of the molecule is C#CCOc1c(Cl)cc(/C=c2\sc3n(c2=O)[C@@H](c2ccc(F)cc2)C(C(=O)OCC)=C(C)N=3)cc1OC. The monoisotopic (exact) mass is 540 g/mol. The van der Waals surface area contributed by atoms with E-state index in [1.54, 1.807) is 32.1 Å². The molecule has 7 nitrogen and oxygen atoms in total. The van der Waals surface area contributed by atoms with Gasteiger partial charge in [-0.3, -0.25) is 9.36 Å². The van der Waals surface area contributed by atoms with Crippen LogP contribution in [0.5, 0.6) is 11.5 Å². The van der Waals surface area contributed by atoms with Gasteiger partial charge in [0.1, 0.15) is 12.4 Å². The fraction of sp³-hybridized carbons (Fsp3) is 0.222. The molecule has 0 aliphatic carbocycles. The summed E-state index contributed by atoms with van der Waals surface area (Å²) in [5.41, 5.74) is 1.38. The van der Waals surface area contributed by atoms with E-state index in [9.17, 15) is 14.0 Å². The summed E-state index contributed by atoms with van der Waals surface area (Å²) < 4.78 is 31.6. The van der Waals surface area contributed by atoms with Crippen LogP contribution < -0.4 is 24.4 Å². The quantitative estimate of drug-likeness (QED) is 0.338. The van der Waals surface area contributed by atoms with E-state index in [1.165, 1.54) is 35.9 Å². The Balaban J connectivity index is 1.90. The van der Waals surface area contributed by atoms with Gasteiger partial charge in [0.25, 0.3) is 5.56 Å². The maximum absolute atomic E-state index is 13.7. The first-order valence-electron chi connectivity index (χ1n) is 11.2. The Labute approximate surface area is 221 Å². The van der Waals surface area contributed by atoms with Gasteiger partial charge < -0.3 is 14.2 Å². The highest BCUT2D eigenvalue weighted by Gasteiger charge is 2.33. The second kappa shape index (κ2) is 11.0. The lowest BCUT2D eigenvalue weighted by molar-refractivity contribution is -0.139. The molecule has 10 heteroatoms. The third-order valence-electron chi connectivity index (χ3n) is 5.55. The molecular formula is C27H22ClFN2O5S. The molecule has 0 saturated heterocycles. The molecule has 0 N–H and O–H groups in total. The number of benzene rings is 2. The molecule has 2 heterocycles. The predicted octanol–water partition coefficient (Wildman–Crippen LogP) is 3.61. The average molecular weight is 541 g/mol. The lowest BCUT2D eigenvalue weighted by atomic mass is 9.96. The molecular weight excluding hydrogens is 519 g/mol. The first-order chi connectivity index (χ1) is 17.8. The van der Waals surface area contributed by atoms with E-state index in [0.29, 0.717) is 37.7 Å². The molecule has 1 aliphatic heterocycles. The average Bonchev–Trinajstić information content (AvgIpc) is 3.17. The number of aromatic nitrogens is 1. The number of hydrogen-bond donors (Lipinski definition) is 0. The minimum atomic E-state index is -0.837. The van der Waals surface area contributed by atoms with Crippen LogP contribution >= 0.6 is 22.9 Å².